The lowest BCUT2D eigenvalue weighted by molar-refractivity contribution is -0.353. The van der Waals surface area contributed by atoms with E-state index in [0.29, 0.717) is 0 Å². The third-order valence-corrected chi connectivity index (χ3v) is 3.75. The van der Waals surface area contributed by atoms with E-state index in [4.69, 9.17) is 9.66 Å². The maximum Gasteiger partial charge on any atom is 0.468 e. The molecule has 164 valence electrons. The van der Waals surface area contributed by atoms with Crippen molar-refractivity contribution >= 4 is 22.1 Å². The van der Waals surface area contributed by atoms with Gasteiger partial charge in [0.15, 0.2) is 0 Å². The first-order valence-corrected chi connectivity index (χ1v) is 7.91. The molecule has 8 nitrogen and oxygen atoms in total. The molecule has 0 aromatic carbocycles. The Hall–Kier alpha value is -2.01. The molecule has 28 heavy (non-hydrogen) atoms. The van der Waals surface area contributed by atoms with Gasteiger partial charge in [-0.3, -0.25) is 4.55 Å². The summed E-state index contributed by atoms with van der Waals surface area (Å²) in [4.78, 5) is 21.7. The van der Waals surface area contributed by atoms with Crippen molar-refractivity contribution < 1.29 is 72.3 Å². The van der Waals surface area contributed by atoms with Gasteiger partial charge >= 0.3 is 45.2 Å². The van der Waals surface area contributed by atoms with Crippen LogP contribution in [-0.2, 0) is 29.2 Å². The normalized spacial score (nSPS) is 15.6. The van der Waals surface area contributed by atoms with Gasteiger partial charge in [-0.2, -0.15) is 43.5 Å². The van der Waals surface area contributed by atoms with Gasteiger partial charge in [0.1, 0.15) is 0 Å². The van der Waals surface area contributed by atoms with Gasteiger partial charge in [-0.1, -0.05) is 6.58 Å². The van der Waals surface area contributed by atoms with E-state index < -0.39 is 70.5 Å². The summed E-state index contributed by atoms with van der Waals surface area (Å²) in [5.41, 5.74) is 0. The van der Waals surface area contributed by atoms with E-state index in [2.05, 4.69) is 16.1 Å². The zero-order chi connectivity index (χ0) is 22.8. The molecule has 0 aliphatic rings. The number of esters is 1. The molecule has 0 spiro atoms. The zero-order valence-electron chi connectivity index (χ0n) is 13.1. The summed E-state index contributed by atoms with van der Waals surface area (Å²) in [6.07, 6.45) is -9.85. The van der Waals surface area contributed by atoms with Gasteiger partial charge in [0.2, 0.25) is 5.83 Å². The number of hydrogen-bond donors (Lipinski definition) is 2. The largest absolute Gasteiger partial charge is 0.476 e. The molecule has 0 bridgehead atoms. The van der Waals surface area contributed by atoms with Gasteiger partial charge in [-0.25, -0.2) is 9.59 Å². The SMILES string of the molecule is C=C(F)C(=O)OC(OCCCC(F)(F)C(F)(F)S(=O)(=O)O)(C(=O)O)C(F)(F)F. The lowest BCUT2D eigenvalue weighted by Crippen LogP contribution is -2.57. The molecule has 0 amide bonds. The number of alkyl halides is 7. The Morgan fingerprint density at radius 1 is 1.04 bits per heavy atom. The van der Waals surface area contributed by atoms with E-state index in [9.17, 15) is 53.1 Å². The quantitative estimate of drug-likeness (QED) is 0.129. The Bertz CT molecular complexity index is 731. The highest BCUT2D eigenvalue weighted by molar-refractivity contribution is 7.87. The lowest BCUT2D eigenvalue weighted by atomic mass is 10.2. The molecule has 0 aromatic heterocycles. The van der Waals surface area contributed by atoms with E-state index in [1.807, 2.05) is 0 Å². The van der Waals surface area contributed by atoms with Crippen molar-refractivity contribution in [3.05, 3.63) is 12.4 Å². The average Bonchev–Trinajstić information content (AvgIpc) is 2.46. The second kappa shape index (κ2) is 8.16. The molecule has 0 aliphatic carbocycles. The lowest BCUT2D eigenvalue weighted by Gasteiger charge is -2.30. The number of ether oxygens (including phenoxy) is 2. The zero-order valence-corrected chi connectivity index (χ0v) is 13.9. The summed E-state index contributed by atoms with van der Waals surface area (Å²) < 4.78 is 139. The fraction of sp³-hybridized carbons (Fsp3) is 0.636. The van der Waals surface area contributed by atoms with Gasteiger partial charge in [0.05, 0.1) is 6.61 Å². The second-order valence-corrected chi connectivity index (χ2v) is 6.33. The second-order valence-electron chi connectivity index (χ2n) is 4.86. The number of halogens is 8. The van der Waals surface area contributed by atoms with Crippen LogP contribution < -0.4 is 0 Å². The maximum absolute atomic E-state index is 13.2. The highest BCUT2D eigenvalue weighted by atomic mass is 32.2. The summed E-state index contributed by atoms with van der Waals surface area (Å²) in [7, 11) is -6.61. The van der Waals surface area contributed by atoms with Crippen molar-refractivity contribution in [1.29, 1.82) is 0 Å². The van der Waals surface area contributed by atoms with Crippen molar-refractivity contribution in [1.82, 2.24) is 0 Å². The van der Waals surface area contributed by atoms with E-state index in [-0.39, 0.29) is 0 Å². The minimum absolute atomic E-state index is 1.54. The van der Waals surface area contributed by atoms with Crippen molar-refractivity contribution in [2.24, 2.45) is 0 Å². The predicted molar refractivity (Wildman–Crippen MR) is 69.4 cm³/mol. The summed E-state index contributed by atoms with van der Waals surface area (Å²) in [5.74, 6) is -18.2. The molecule has 0 saturated carbocycles. The summed E-state index contributed by atoms with van der Waals surface area (Å²) >= 11 is 0. The van der Waals surface area contributed by atoms with E-state index in [0.717, 1.165) is 0 Å². The van der Waals surface area contributed by atoms with Crippen LogP contribution in [0.25, 0.3) is 0 Å². The third kappa shape index (κ3) is 5.28. The fourth-order valence-corrected chi connectivity index (χ4v) is 1.91. The number of carboxylic acid groups (broad SMARTS) is 1. The smallest absolute Gasteiger partial charge is 0.468 e. The average molecular weight is 454 g/mol. The van der Waals surface area contributed by atoms with Crippen LogP contribution in [0.5, 0.6) is 0 Å². The van der Waals surface area contributed by atoms with Gasteiger partial charge in [-0.05, 0) is 6.42 Å². The van der Waals surface area contributed by atoms with Crippen LogP contribution in [0, 0.1) is 0 Å². The summed E-state index contributed by atoms with van der Waals surface area (Å²) in [5, 5.41) is 2.61. The molecule has 0 rings (SSSR count). The van der Waals surface area contributed by atoms with Crippen LogP contribution in [0.4, 0.5) is 35.1 Å². The van der Waals surface area contributed by atoms with E-state index in [1.54, 1.807) is 0 Å². The van der Waals surface area contributed by atoms with Crippen molar-refractivity contribution in [3.63, 3.8) is 0 Å². The number of carboxylic acids is 1. The first kappa shape index (κ1) is 26.0. The van der Waals surface area contributed by atoms with Crippen molar-refractivity contribution in [2.45, 2.75) is 36.0 Å². The molecule has 17 heteroatoms. The highest BCUT2D eigenvalue weighted by Crippen LogP contribution is 2.42. The number of aliphatic carboxylic acids is 1. The number of carbonyl (C=O) groups excluding carboxylic acids is 1. The Morgan fingerprint density at radius 2 is 1.50 bits per heavy atom. The molecule has 1 atom stereocenters. The summed E-state index contributed by atoms with van der Waals surface area (Å²) in [6.45, 7) is 0.484. The molecule has 2 N–H and O–H groups in total. The van der Waals surface area contributed by atoms with Crippen LogP contribution in [0.15, 0.2) is 12.4 Å². The molecular formula is C11H10F8O8S. The Labute approximate surface area is 150 Å². The number of rotatable bonds is 10. The van der Waals surface area contributed by atoms with E-state index in [1.165, 1.54) is 0 Å². The fourth-order valence-electron chi connectivity index (χ4n) is 1.43. The van der Waals surface area contributed by atoms with Crippen LogP contribution in [-0.4, -0.2) is 59.8 Å². The standard InChI is InChI=1S/C11H10F8O8S/c1-5(12)6(20)27-9(7(21)22,10(15,16)17)26-4-2-3-8(13,14)11(18,19)28(23,24)25/h1-4H2,(H,21,22)(H,23,24,25). The minimum atomic E-state index is -6.61. The monoisotopic (exact) mass is 454 g/mol. The van der Waals surface area contributed by atoms with Crippen LogP contribution in [0.1, 0.15) is 12.8 Å². The van der Waals surface area contributed by atoms with Crippen LogP contribution in [0.3, 0.4) is 0 Å². The third-order valence-electron chi connectivity index (χ3n) is 2.80. The van der Waals surface area contributed by atoms with Gasteiger partial charge in [0.25, 0.3) is 0 Å². The van der Waals surface area contributed by atoms with Crippen LogP contribution >= 0.6 is 0 Å². The molecule has 0 saturated heterocycles. The molecule has 0 heterocycles. The van der Waals surface area contributed by atoms with Gasteiger partial charge < -0.3 is 14.6 Å². The van der Waals surface area contributed by atoms with Crippen molar-refractivity contribution in [2.75, 3.05) is 6.61 Å². The molecule has 0 radical (unpaired) electrons. The predicted octanol–water partition coefficient (Wildman–Crippen LogP) is 2.27. The number of hydrogen-bond acceptors (Lipinski definition) is 6. The Kier molecular flexibility index (Phi) is 7.57. The first-order valence-electron chi connectivity index (χ1n) is 6.47. The van der Waals surface area contributed by atoms with Gasteiger partial charge in [-0.15, -0.1) is 0 Å². The molecular weight excluding hydrogens is 444 g/mol. The Balaban J connectivity index is 5.45. The molecule has 1 unspecified atom stereocenters. The first-order chi connectivity index (χ1) is 12.2. The highest BCUT2D eigenvalue weighted by Gasteiger charge is 2.68. The molecule has 0 aliphatic heterocycles. The molecule has 0 aromatic rings. The molecule has 0 fully saturated rings. The minimum Gasteiger partial charge on any atom is -0.476 e. The Morgan fingerprint density at radius 3 is 1.82 bits per heavy atom. The maximum atomic E-state index is 13.2. The van der Waals surface area contributed by atoms with E-state index >= 15 is 0 Å². The number of carbonyl (C=O) groups is 2. The van der Waals surface area contributed by atoms with Crippen LogP contribution in [0.2, 0.25) is 0 Å². The van der Waals surface area contributed by atoms with Crippen molar-refractivity contribution in [3.8, 4) is 0 Å². The van der Waals surface area contributed by atoms with Gasteiger partial charge in [0, 0.05) is 6.42 Å². The topological polar surface area (TPSA) is 127 Å². The summed E-state index contributed by atoms with van der Waals surface area (Å²) in [6, 6.07) is 0.